The second kappa shape index (κ2) is 12.5. The molecule has 33 heavy (non-hydrogen) atoms. The Morgan fingerprint density at radius 1 is 0.879 bits per heavy atom. The number of aryl methyl sites for hydroxylation is 1. The van der Waals surface area contributed by atoms with E-state index in [4.69, 9.17) is 9.47 Å². The Hall–Kier alpha value is -1.94. The first-order valence-electron chi connectivity index (χ1n) is 12.7. The Morgan fingerprint density at radius 2 is 1.48 bits per heavy atom. The minimum atomic E-state index is 0.306. The number of aromatic nitrogens is 2. The van der Waals surface area contributed by atoms with E-state index >= 15 is 0 Å². The lowest BCUT2D eigenvalue weighted by Crippen LogP contribution is -2.35. The van der Waals surface area contributed by atoms with Crippen molar-refractivity contribution in [1.29, 1.82) is 0 Å². The maximum Gasteiger partial charge on any atom is 0.159 e. The van der Waals surface area contributed by atoms with Gasteiger partial charge in [0.2, 0.25) is 0 Å². The van der Waals surface area contributed by atoms with E-state index in [1.54, 1.807) is 0 Å². The van der Waals surface area contributed by atoms with Crippen LogP contribution in [0.15, 0.2) is 36.7 Å². The summed E-state index contributed by atoms with van der Waals surface area (Å²) in [7, 11) is 0. The molecule has 0 spiro atoms. The average molecular weight is 455 g/mol. The molecule has 0 N–H and O–H groups in total. The molecule has 0 aliphatic rings. The molecule has 1 aromatic heterocycles. The minimum absolute atomic E-state index is 0.306. The standard InChI is InChI=1S/C29H46N2O2/c1-9-29(7,8)26(28(4,5)6)17-12-23(3)32-18-10-11-19-33-25-15-13-24(14-16-25)27-30-20-22(2)21-31-27/h13-16,20-21,23,26H,9-12,17-19H2,1-8H3. The van der Waals surface area contributed by atoms with Crippen LogP contribution < -0.4 is 4.74 Å². The van der Waals surface area contributed by atoms with Gasteiger partial charge in [-0.1, -0.05) is 48.0 Å². The van der Waals surface area contributed by atoms with Crippen molar-refractivity contribution >= 4 is 0 Å². The third-order valence-electron chi connectivity index (χ3n) is 6.87. The number of rotatable bonds is 13. The molecule has 0 bridgehead atoms. The van der Waals surface area contributed by atoms with Crippen LogP contribution in [0.2, 0.25) is 0 Å². The highest BCUT2D eigenvalue weighted by molar-refractivity contribution is 5.55. The van der Waals surface area contributed by atoms with Crippen molar-refractivity contribution in [2.75, 3.05) is 13.2 Å². The normalized spacial score (nSPS) is 14.2. The molecule has 0 aliphatic heterocycles. The summed E-state index contributed by atoms with van der Waals surface area (Å²) >= 11 is 0. The van der Waals surface area contributed by atoms with Crippen molar-refractivity contribution in [2.45, 2.75) is 93.6 Å². The van der Waals surface area contributed by atoms with Gasteiger partial charge < -0.3 is 9.47 Å². The van der Waals surface area contributed by atoms with E-state index in [-0.39, 0.29) is 0 Å². The zero-order valence-corrected chi connectivity index (χ0v) is 22.3. The van der Waals surface area contributed by atoms with Crippen molar-refractivity contribution in [3.05, 3.63) is 42.2 Å². The summed E-state index contributed by atoms with van der Waals surface area (Å²) in [6.45, 7) is 20.0. The topological polar surface area (TPSA) is 44.2 Å². The highest BCUT2D eigenvalue weighted by atomic mass is 16.5. The fourth-order valence-corrected chi connectivity index (χ4v) is 4.65. The quantitative estimate of drug-likeness (QED) is 0.289. The van der Waals surface area contributed by atoms with Crippen molar-refractivity contribution < 1.29 is 9.47 Å². The summed E-state index contributed by atoms with van der Waals surface area (Å²) in [6.07, 6.45) is 9.55. The number of nitrogens with zero attached hydrogens (tertiary/aromatic N) is 2. The lowest BCUT2D eigenvalue weighted by molar-refractivity contribution is 0.0244. The molecule has 0 amide bonds. The van der Waals surface area contributed by atoms with Crippen LogP contribution in [-0.4, -0.2) is 29.3 Å². The average Bonchev–Trinajstić information content (AvgIpc) is 2.76. The Kier molecular flexibility index (Phi) is 10.3. The summed E-state index contributed by atoms with van der Waals surface area (Å²) in [5.41, 5.74) is 2.75. The third-order valence-corrected chi connectivity index (χ3v) is 6.87. The summed E-state index contributed by atoms with van der Waals surface area (Å²) in [5, 5.41) is 0. The molecular formula is C29H46N2O2. The molecule has 0 radical (unpaired) electrons. The number of hydrogen-bond donors (Lipinski definition) is 0. The fraction of sp³-hybridized carbons (Fsp3) is 0.655. The second-order valence-electron chi connectivity index (χ2n) is 11.2. The highest BCUT2D eigenvalue weighted by Crippen LogP contribution is 2.45. The summed E-state index contributed by atoms with van der Waals surface area (Å²) in [5.74, 6) is 2.32. The predicted octanol–water partition coefficient (Wildman–Crippen LogP) is 7.89. The van der Waals surface area contributed by atoms with Gasteiger partial charge >= 0.3 is 0 Å². The maximum absolute atomic E-state index is 6.11. The van der Waals surface area contributed by atoms with Crippen LogP contribution >= 0.6 is 0 Å². The van der Waals surface area contributed by atoms with Crippen LogP contribution in [0.1, 0.15) is 86.1 Å². The predicted molar refractivity (Wildman–Crippen MR) is 139 cm³/mol. The van der Waals surface area contributed by atoms with E-state index in [1.165, 1.54) is 12.8 Å². The fourth-order valence-electron chi connectivity index (χ4n) is 4.65. The largest absolute Gasteiger partial charge is 0.494 e. The molecule has 0 saturated carbocycles. The van der Waals surface area contributed by atoms with Crippen LogP contribution in [-0.2, 0) is 4.74 Å². The molecule has 2 unspecified atom stereocenters. The Labute approximate surface area is 202 Å². The molecule has 4 heteroatoms. The first-order chi connectivity index (χ1) is 15.5. The number of hydrogen-bond acceptors (Lipinski definition) is 4. The monoisotopic (exact) mass is 454 g/mol. The molecule has 4 nitrogen and oxygen atoms in total. The Balaban J connectivity index is 1.64. The zero-order chi connectivity index (χ0) is 24.5. The molecule has 1 aromatic carbocycles. The third kappa shape index (κ3) is 9.08. The summed E-state index contributed by atoms with van der Waals surface area (Å²) in [4.78, 5) is 8.75. The van der Waals surface area contributed by atoms with Crippen LogP contribution in [0, 0.1) is 23.7 Å². The SMILES string of the molecule is CCC(C)(C)C(CCC(C)OCCCCOc1ccc(-c2ncc(C)cn2)cc1)C(C)(C)C. The van der Waals surface area contributed by atoms with E-state index < -0.39 is 0 Å². The molecule has 0 aliphatic carbocycles. The van der Waals surface area contributed by atoms with E-state index in [1.807, 2.05) is 43.6 Å². The van der Waals surface area contributed by atoms with Gasteiger partial charge in [-0.25, -0.2) is 9.97 Å². The van der Waals surface area contributed by atoms with E-state index in [0.29, 0.717) is 29.5 Å². The molecular weight excluding hydrogens is 408 g/mol. The minimum Gasteiger partial charge on any atom is -0.494 e. The molecule has 2 rings (SSSR count). The Bertz CT molecular complexity index is 807. The van der Waals surface area contributed by atoms with Gasteiger partial charge in [0.1, 0.15) is 5.75 Å². The van der Waals surface area contributed by atoms with Gasteiger partial charge in [-0.3, -0.25) is 0 Å². The molecule has 0 saturated heterocycles. The molecule has 184 valence electrons. The zero-order valence-electron chi connectivity index (χ0n) is 22.3. The van der Waals surface area contributed by atoms with Gasteiger partial charge in [-0.15, -0.1) is 0 Å². The van der Waals surface area contributed by atoms with Crippen LogP contribution in [0.5, 0.6) is 5.75 Å². The van der Waals surface area contributed by atoms with Crippen molar-refractivity contribution in [3.8, 4) is 17.1 Å². The summed E-state index contributed by atoms with van der Waals surface area (Å²) in [6, 6.07) is 7.99. The number of benzene rings is 1. The first kappa shape index (κ1) is 27.3. The molecule has 1 heterocycles. The lowest BCUT2D eigenvalue weighted by Gasteiger charge is -2.43. The van der Waals surface area contributed by atoms with Gasteiger partial charge in [-0.2, -0.15) is 0 Å². The Morgan fingerprint density at radius 3 is 2.06 bits per heavy atom. The van der Waals surface area contributed by atoms with Gasteiger partial charge in [0.25, 0.3) is 0 Å². The van der Waals surface area contributed by atoms with Gasteiger partial charge in [0, 0.05) is 24.6 Å². The first-order valence-corrected chi connectivity index (χ1v) is 12.7. The maximum atomic E-state index is 6.11. The van der Waals surface area contributed by atoms with Crippen molar-refractivity contribution in [1.82, 2.24) is 9.97 Å². The van der Waals surface area contributed by atoms with Crippen molar-refractivity contribution in [3.63, 3.8) is 0 Å². The lowest BCUT2D eigenvalue weighted by atomic mass is 9.63. The molecule has 2 atom stereocenters. The van der Waals surface area contributed by atoms with Crippen LogP contribution in [0.4, 0.5) is 0 Å². The molecule has 2 aromatic rings. The second-order valence-corrected chi connectivity index (χ2v) is 11.2. The van der Waals surface area contributed by atoms with Crippen molar-refractivity contribution in [2.24, 2.45) is 16.7 Å². The highest BCUT2D eigenvalue weighted by Gasteiger charge is 2.36. The number of ether oxygens (including phenoxy) is 2. The molecule has 0 fully saturated rings. The van der Waals surface area contributed by atoms with Gasteiger partial charge in [-0.05, 0) is 86.1 Å². The van der Waals surface area contributed by atoms with E-state index in [0.717, 1.165) is 48.6 Å². The van der Waals surface area contributed by atoms with Crippen LogP contribution in [0.25, 0.3) is 11.4 Å². The smallest absolute Gasteiger partial charge is 0.159 e. The van der Waals surface area contributed by atoms with Gasteiger partial charge in [0.05, 0.1) is 12.7 Å². The van der Waals surface area contributed by atoms with Gasteiger partial charge in [0.15, 0.2) is 5.82 Å². The number of unbranched alkanes of at least 4 members (excludes halogenated alkanes) is 1. The van der Waals surface area contributed by atoms with E-state index in [9.17, 15) is 0 Å². The summed E-state index contributed by atoms with van der Waals surface area (Å²) < 4.78 is 12.0. The van der Waals surface area contributed by atoms with E-state index in [2.05, 4.69) is 58.4 Å². The van der Waals surface area contributed by atoms with Crippen LogP contribution in [0.3, 0.4) is 0 Å².